The number of hydrogen-bond acceptors (Lipinski definition) is 10. The summed E-state index contributed by atoms with van der Waals surface area (Å²) in [5.74, 6) is -4.59. The molecule has 0 aliphatic carbocycles. The van der Waals surface area contributed by atoms with Crippen molar-refractivity contribution in [2.75, 3.05) is 38.7 Å². The Labute approximate surface area is 340 Å². The van der Waals surface area contributed by atoms with Crippen LogP contribution < -0.4 is 25.6 Å². The largest absolute Gasteiger partial charge is 0.480 e. The number of halogens is 2. The van der Waals surface area contributed by atoms with Crippen LogP contribution >= 0.6 is 0 Å². The third-order valence-corrected chi connectivity index (χ3v) is 8.44. The molecule has 0 aliphatic heterocycles. The van der Waals surface area contributed by atoms with Gasteiger partial charge in [0, 0.05) is 54.6 Å². The zero-order valence-corrected chi connectivity index (χ0v) is 33.5. The maximum Gasteiger partial charge on any atom is 0.407 e. The first-order valence-corrected chi connectivity index (χ1v) is 18.8. The Kier molecular flexibility index (Phi) is 16.4. The predicted octanol–water partition coefficient (Wildman–Crippen LogP) is 8.80. The summed E-state index contributed by atoms with van der Waals surface area (Å²) in [6, 6.07) is 20.8. The third-order valence-electron chi connectivity index (χ3n) is 8.44. The second kappa shape index (κ2) is 21.6. The summed E-state index contributed by atoms with van der Waals surface area (Å²) in [7, 11) is 3.89. The van der Waals surface area contributed by atoms with Crippen LogP contribution in [0.5, 0.6) is 5.75 Å². The van der Waals surface area contributed by atoms with Gasteiger partial charge >= 0.3 is 6.09 Å². The van der Waals surface area contributed by atoms with E-state index in [0.717, 1.165) is 17.8 Å². The number of carbonyl (C=O) groups is 4. The smallest absolute Gasteiger partial charge is 0.407 e. The van der Waals surface area contributed by atoms with Gasteiger partial charge in [-0.1, -0.05) is 17.2 Å². The van der Waals surface area contributed by atoms with Gasteiger partial charge in [-0.3, -0.25) is 14.4 Å². The van der Waals surface area contributed by atoms with Crippen LogP contribution in [0.2, 0.25) is 0 Å². The van der Waals surface area contributed by atoms with Gasteiger partial charge in [-0.05, 0) is 130 Å². The molecule has 17 heteroatoms. The van der Waals surface area contributed by atoms with E-state index in [1.165, 1.54) is 24.3 Å². The first-order valence-electron chi connectivity index (χ1n) is 18.8. The zero-order valence-electron chi connectivity index (χ0n) is 33.5. The van der Waals surface area contributed by atoms with Crippen molar-refractivity contribution in [1.29, 1.82) is 0 Å². The number of carbonyl (C=O) groups excluding carboxylic acids is 4. The molecule has 1 atom stereocenters. The fourth-order valence-corrected chi connectivity index (χ4v) is 5.47. The lowest BCUT2D eigenvalue weighted by atomic mass is 10.0. The van der Waals surface area contributed by atoms with Gasteiger partial charge in [0.15, 0.2) is 23.2 Å². The quantitative estimate of drug-likeness (QED) is 0.0363. The lowest BCUT2D eigenvalue weighted by molar-refractivity contribution is -0.123. The van der Waals surface area contributed by atoms with Crippen molar-refractivity contribution in [3.63, 3.8) is 0 Å². The molecule has 0 unspecified atom stereocenters. The average Bonchev–Trinajstić information content (AvgIpc) is 3.19. The second-order valence-corrected chi connectivity index (χ2v) is 14.5. The number of Topliss-reactive ketones (excluding diaryl/α,β-unsaturated/α-hetero) is 1. The molecule has 4 aromatic rings. The summed E-state index contributed by atoms with van der Waals surface area (Å²) in [5.41, 5.74) is 11.2. The summed E-state index contributed by atoms with van der Waals surface area (Å²) >= 11 is 0. The van der Waals surface area contributed by atoms with E-state index in [2.05, 4.69) is 36.2 Å². The van der Waals surface area contributed by atoms with Gasteiger partial charge in [0.25, 0.3) is 11.8 Å². The SMILES string of the molecule is CN(C)c1ccc(/N=N/c2ccc(C(=O)NCCc3cc(F)c(OCC(=O)[C@H](CCCCNC(=O)OC(C)(C)C)NC(=O)c4cccc(N=[N+]=[N-])c4)c(F)c3)cc2)cc1. The summed E-state index contributed by atoms with van der Waals surface area (Å²) in [5, 5.41) is 19.9. The van der Waals surface area contributed by atoms with E-state index in [4.69, 9.17) is 15.0 Å². The molecule has 0 fully saturated rings. The van der Waals surface area contributed by atoms with Crippen LogP contribution in [0.3, 0.4) is 0 Å². The summed E-state index contributed by atoms with van der Waals surface area (Å²) in [6.07, 6.45) is 0.385. The lowest BCUT2D eigenvalue weighted by Crippen LogP contribution is -2.43. The molecule has 0 heterocycles. The Morgan fingerprint density at radius 3 is 2.05 bits per heavy atom. The minimum Gasteiger partial charge on any atom is -0.480 e. The van der Waals surface area contributed by atoms with E-state index >= 15 is 8.78 Å². The Hall–Kier alpha value is -6.87. The topological polar surface area (TPSA) is 200 Å². The fourth-order valence-electron chi connectivity index (χ4n) is 5.47. The molecular weight excluding hydrogens is 765 g/mol. The number of benzene rings is 4. The highest BCUT2D eigenvalue weighted by molar-refractivity contribution is 5.98. The van der Waals surface area contributed by atoms with Crippen molar-refractivity contribution < 1.29 is 37.4 Å². The molecule has 0 spiro atoms. The van der Waals surface area contributed by atoms with E-state index in [-0.39, 0.29) is 42.7 Å². The Morgan fingerprint density at radius 1 is 0.797 bits per heavy atom. The van der Waals surface area contributed by atoms with Crippen molar-refractivity contribution in [2.45, 2.75) is 58.1 Å². The fraction of sp³-hybridized carbons (Fsp3) is 0.333. The van der Waals surface area contributed by atoms with Crippen molar-refractivity contribution >= 4 is 46.4 Å². The van der Waals surface area contributed by atoms with Gasteiger partial charge in [-0.2, -0.15) is 10.2 Å². The van der Waals surface area contributed by atoms with Crippen LogP contribution in [0.4, 0.5) is 36.3 Å². The van der Waals surface area contributed by atoms with E-state index in [9.17, 15) is 19.2 Å². The maximum absolute atomic E-state index is 15.1. The Balaban J connectivity index is 1.31. The van der Waals surface area contributed by atoms with Crippen LogP contribution in [0.1, 0.15) is 66.3 Å². The molecule has 3 N–H and O–H groups in total. The molecule has 0 aromatic heterocycles. The van der Waals surface area contributed by atoms with Crippen molar-refractivity contribution in [3.05, 3.63) is 124 Å². The number of alkyl carbamates (subject to hydrolysis) is 1. The molecular formula is C42H47F2N9O6. The normalized spacial score (nSPS) is 11.6. The Morgan fingerprint density at radius 2 is 1.44 bits per heavy atom. The summed E-state index contributed by atoms with van der Waals surface area (Å²) in [4.78, 5) is 55.8. The molecule has 59 heavy (non-hydrogen) atoms. The molecule has 0 aliphatic rings. The first-order chi connectivity index (χ1) is 28.1. The van der Waals surface area contributed by atoms with E-state index < -0.39 is 59.3 Å². The summed E-state index contributed by atoms with van der Waals surface area (Å²) in [6.45, 7) is 4.73. The number of azide groups is 1. The molecule has 4 rings (SSSR count). The van der Waals surface area contributed by atoms with Crippen molar-refractivity contribution in [3.8, 4) is 5.75 Å². The number of ether oxygens (including phenoxy) is 2. The number of azo groups is 1. The number of rotatable bonds is 19. The van der Waals surface area contributed by atoms with Crippen LogP contribution in [-0.2, 0) is 16.0 Å². The number of amides is 3. The monoisotopic (exact) mass is 811 g/mol. The summed E-state index contributed by atoms with van der Waals surface area (Å²) < 4.78 is 40.8. The number of hydrogen-bond donors (Lipinski definition) is 3. The number of ketones is 1. The molecule has 4 aromatic carbocycles. The molecule has 15 nitrogen and oxygen atoms in total. The molecule has 0 radical (unpaired) electrons. The average molecular weight is 812 g/mol. The molecule has 0 saturated heterocycles. The van der Waals surface area contributed by atoms with Crippen LogP contribution in [0.25, 0.3) is 10.4 Å². The molecule has 3 amide bonds. The standard InChI is InChI=1S/C42H47F2N9O6/c1-42(2,3)59-41(57)47-21-7-6-11-36(48-40(56)29-9-8-10-32(25-29)51-52-45)37(54)26-58-38-34(43)23-27(24-35(38)44)20-22-46-39(55)28-12-14-30(15-13-28)49-50-31-16-18-33(19-17-31)53(4)5/h8-10,12-19,23-25,36H,6-7,11,20-22,26H2,1-5H3,(H,46,55)(H,47,57)(H,48,56)/b50-49+/t36-/m0/s1. The van der Waals surface area contributed by atoms with Gasteiger partial charge in [-0.25, -0.2) is 13.6 Å². The van der Waals surface area contributed by atoms with Gasteiger partial charge in [0.2, 0.25) is 0 Å². The number of nitrogens with zero attached hydrogens (tertiary/aromatic N) is 6. The van der Waals surface area contributed by atoms with Crippen LogP contribution in [0.15, 0.2) is 100 Å². The van der Waals surface area contributed by atoms with E-state index in [1.54, 1.807) is 45.0 Å². The Bertz CT molecular complexity index is 2150. The first kappa shape index (κ1) is 44.8. The van der Waals surface area contributed by atoms with Crippen LogP contribution in [0, 0.1) is 11.6 Å². The van der Waals surface area contributed by atoms with E-state index in [1.807, 2.05) is 43.3 Å². The molecule has 0 bridgehead atoms. The lowest BCUT2D eigenvalue weighted by Gasteiger charge is -2.20. The number of unbranched alkanes of at least 4 members (excludes halogenated alkanes) is 1. The van der Waals surface area contributed by atoms with Gasteiger partial charge in [-0.15, -0.1) is 0 Å². The minimum absolute atomic E-state index is 0.0707. The maximum atomic E-state index is 15.1. The molecule has 0 saturated carbocycles. The van der Waals surface area contributed by atoms with Gasteiger partial charge in [0.1, 0.15) is 12.2 Å². The highest BCUT2D eigenvalue weighted by Crippen LogP contribution is 2.25. The number of anilines is 1. The van der Waals surface area contributed by atoms with Crippen molar-refractivity contribution in [2.24, 2.45) is 15.3 Å². The number of nitrogens with one attached hydrogen (secondary N) is 3. The molecule has 310 valence electrons. The van der Waals surface area contributed by atoms with Crippen molar-refractivity contribution in [1.82, 2.24) is 16.0 Å². The van der Waals surface area contributed by atoms with Crippen LogP contribution in [-0.4, -0.2) is 69.1 Å². The predicted molar refractivity (Wildman–Crippen MR) is 219 cm³/mol. The van der Waals surface area contributed by atoms with Gasteiger partial charge in [0.05, 0.1) is 17.4 Å². The van der Waals surface area contributed by atoms with E-state index in [0.29, 0.717) is 29.8 Å². The zero-order chi connectivity index (χ0) is 43.0. The van der Waals surface area contributed by atoms with Gasteiger partial charge < -0.3 is 30.3 Å². The third kappa shape index (κ3) is 14.9. The highest BCUT2D eigenvalue weighted by atomic mass is 19.1. The second-order valence-electron chi connectivity index (χ2n) is 14.5. The highest BCUT2D eigenvalue weighted by Gasteiger charge is 2.24. The minimum atomic E-state index is -1.13.